The molecule has 1 atom stereocenters. The summed E-state index contributed by atoms with van der Waals surface area (Å²) in [6.45, 7) is 6.58. The number of halogens is 1. The van der Waals surface area contributed by atoms with Crippen LogP contribution in [0, 0.1) is 0 Å². The molecule has 1 heterocycles. The van der Waals surface area contributed by atoms with Crippen LogP contribution in [0.4, 0.5) is 0 Å². The highest BCUT2D eigenvalue weighted by atomic mass is 35.5. The van der Waals surface area contributed by atoms with Crippen molar-refractivity contribution in [2.24, 2.45) is 0 Å². The topological polar surface area (TPSA) is 41.6 Å². The average Bonchev–Trinajstić information content (AvgIpc) is 3.11. The van der Waals surface area contributed by atoms with Crippen LogP contribution in [-0.2, 0) is 6.42 Å². The molecule has 2 aromatic carbocycles. The van der Waals surface area contributed by atoms with Gasteiger partial charge < -0.3 is 15.0 Å². The maximum absolute atomic E-state index is 12.8. The molecule has 0 bridgehead atoms. The lowest BCUT2D eigenvalue weighted by Gasteiger charge is -2.21. The Morgan fingerprint density at radius 3 is 2.43 bits per heavy atom. The number of rotatable bonds is 8. The molecule has 0 saturated carbocycles. The van der Waals surface area contributed by atoms with Crippen LogP contribution in [0.5, 0.6) is 5.75 Å². The number of fused-ring (bicyclic) bond motifs is 1. The monoisotopic (exact) mass is 400 g/mol. The van der Waals surface area contributed by atoms with Crippen molar-refractivity contribution in [3.8, 4) is 16.9 Å². The molecule has 0 aliphatic carbocycles. The first-order chi connectivity index (χ1) is 13.6. The summed E-state index contributed by atoms with van der Waals surface area (Å²) in [5.41, 5.74) is 3.97. The average molecular weight is 401 g/mol. The Balaban J connectivity index is 1.80. The van der Waals surface area contributed by atoms with E-state index in [-0.39, 0.29) is 12.0 Å². The summed E-state index contributed by atoms with van der Waals surface area (Å²) >= 11 is 6.48. The number of carbonyl (C=O) groups is 1. The van der Waals surface area contributed by atoms with Gasteiger partial charge >= 0.3 is 0 Å². The van der Waals surface area contributed by atoms with E-state index in [9.17, 15) is 4.79 Å². The number of nitrogens with zero attached hydrogens (tertiary/aromatic N) is 1. The Kier molecular flexibility index (Phi) is 6.97. The second kappa shape index (κ2) is 9.44. The number of hydrogen-bond acceptors (Lipinski definition) is 3. The van der Waals surface area contributed by atoms with E-state index in [1.54, 1.807) is 0 Å². The van der Waals surface area contributed by atoms with Crippen molar-refractivity contribution >= 4 is 17.5 Å². The lowest BCUT2D eigenvalue weighted by Crippen LogP contribution is -2.32. The molecular weight excluding hydrogens is 372 g/mol. The van der Waals surface area contributed by atoms with E-state index in [4.69, 9.17) is 16.3 Å². The Hall–Kier alpha value is -2.04. The standard InChI is InChI=1S/C23H29ClN2O2/c1-4-10-26(11-5-2)23(27)17-8-6-16(7-9-17)18-12-19-13-20(15-25-3)28-22(19)21(24)14-18/h6-9,12,14,20,25H,4-5,10-11,13,15H2,1-3H3. The van der Waals surface area contributed by atoms with Crippen molar-refractivity contribution in [2.75, 3.05) is 26.7 Å². The molecule has 1 amide bonds. The molecule has 0 radical (unpaired) electrons. The van der Waals surface area contributed by atoms with E-state index < -0.39 is 0 Å². The third-order valence-corrected chi connectivity index (χ3v) is 5.30. The van der Waals surface area contributed by atoms with Crippen LogP contribution in [0.1, 0.15) is 42.6 Å². The van der Waals surface area contributed by atoms with Gasteiger partial charge in [-0.05, 0) is 55.3 Å². The zero-order chi connectivity index (χ0) is 20.1. The zero-order valence-corrected chi connectivity index (χ0v) is 17.7. The highest BCUT2D eigenvalue weighted by Gasteiger charge is 2.25. The highest BCUT2D eigenvalue weighted by Crippen LogP contribution is 2.39. The van der Waals surface area contributed by atoms with Crippen LogP contribution in [0.3, 0.4) is 0 Å². The lowest BCUT2D eigenvalue weighted by molar-refractivity contribution is 0.0755. The van der Waals surface area contributed by atoms with Crippen molar-refractivity contribution in [3.63, 3.8) is 0 Å². The molecule has 0 fully saturated rings. The van der Waals surface area contributed by atoms with Gasteiger partial charge in [0.05, 0.1) is 5.02 Å². The molecule has 0 saturated heterocycles. The van der Waals surface area contributed by atoms with Gasteiger partial charge in [-0.3, -0.25) is 4.79 Å². The minimum atomic E-state index is 0.102. The number of likely N-dealkylation sites (N-methyl/N-ethyl adjacent to an activating group) is 1. The van der Waals surface area contributed by atoms with Gasteiger partial charge in [-0.15, -0.1) is 0 Å². The smallest absolute Gasteiger partial charge is 0.253 e. The predicted molar refractivity (Wildman–Crippen MR) is 115 cm³/mol. The quantitative estimate of drug-likeness (QED) is 0.692. The number of hydrogen-bond donors (Lipinski definition) is 1. The summed E-state index contributed by atoms with van der Waals surface area (Å²) in [5, 5.41) is 3.79. The van der Waals surface area contributed by atoms with Crippen molar-refractivity contribution in [1.82, 2.24) is 10.2 Å². The molecule has 0 spiro atoms. The van der Waals surface area contributed by atoms with Gasteiger partial charge in [-0.1, -0.05) is 37.6 Å². The normalized spacial score (nSPS) is 15.2. The molecule has 3 rings (SSSR count). The third-order valence-electron chi connectivity index (χ3n) is 5.02. The maximum Gasteiger partial charge on any atom is 0.253 e. The largest absolute Gasteiger partial charge is 0.487 e. The second-order valence-electron chi connectivity index (χ2n) is 7.32. The van der Waals surface area contributed by atoms with Crippen LogP contribution in [-0.4, -0.2) is 43.6 Å². The van der Waals surface area contributed by atoms with Gasteiger partial charge in [0.1, 0.15) is 11.9 Å². The fourth-order valence-corrected chi connectivity index (χ4v) is 4.02. The van der Waals surface area contributed by atoms with Crippen LogP contribution in [0.2, 0.25) is 5.02 Å². The fraction of sp³-hybridized carbons (Fsp3) is 0.435. The molecule has 1 unspecified atom stereocenters. The number of amides is 1. The van der Waals surface area contributed by atoms with Gasteiger partial charge in [0.25, 0.3) is 5.91 Å². The zero-order valence-electron chi connectivity index (χ0n) is 16.9. The van der Waals surface area contributed by atoms with Crippen molar-refractivity contribution in [1.29, 1.82) is 0 Å². The summed E-state index contributed by atoms with van der Waals surface area (Å²) in [6, 6.07) is 11.9. The Morgan fingerprint density at radius 1 is 1.14 bits per heavy atom. The molecule has 2 aromatic rings. The van der Waals surface area contributed by atoms with Gasteiger partial charge in [0, 0.05) is 37.2 Å². The fourth-order valence-electron chi connectivity index (χ4n) is 3.74. The van der Waals surface area contributed by atoms with E-state index in [1.165, 1.54) is 0 Å². The number of benzene rings is 2. The molecule has 1 N–H and O–H groups in total. The van der Waals surface area contributed by atoms with Crippen molar-refractivity contribution < 1.29 is 9.53 Å². The van der Waals surface area contributed by atoms with Crippen molar-refractivity contribution in [3.05, 3.63) is 52.5 Å². The molecule has 28 heavy (non-hydrogen) atoms. The Bertz CT molecular complexity index is 814. The predicted octanol–water partition coefficient (Wildman–Crippen LogP) is 4.79. The summed E-state index contributed by atoms with van der Waals surface area (Å²) < 4.78 is 5.95. The number of ether oxygens (including phenoxy) is 1. The van der Waals surface area contributed by atoms with E-state index in [2.05, 4.69) is 25.2 Å². The summed E-state index contributed by atoms with van der Waals surface area (Å²) in [6.07, 6.45) is 2.90. The molecule has 0 aromatic heterocycles. The number of carbonyl (C=O) groups excluding carboxylic acids is 1. The Morgan fingerprint density at radius 2 is 1.82 bits per heavy atom. The first-order valence-electron chi connectivity index (χ1n) is 10.1. The van der Waals surface area contributed by atoms with Crippen molar-refractivity contribution in [2.45, 2.75) is 39.2 Å². The summed E-state index contributed by atoms with van der Waals surface area (Å²) in [4.78, 5) is 14.7. The van der Waals surface area contributed by atoms with Gasteiger partial charge in [0.15, 0.2) is 0 Å². The molecule has 4 nitrogen and oxygen atoms in total. The highest BCUT2D eigenvalue weighted by molar-refractivity contribution is 6.32. The molecular formula is C23H29ClN2O2. The van der Waals surface area contributed by atoms with Gasteiger partial charge in [-0.25, -0.2) is 0 Å². The third kappa shape index (κ3) is 4.50. The van der Waals surface area contributed by atoms with Crippen LogP contribution < -0.4 is 10.1 Å². The van der Waals surface area contributed by atoms with Crippen LogP contribution >= 0.6 is 11.6 Å². The van der Waals surface area contributed by atoms with E-state index in [0.29, 0.717) is 5.02 Å². The minimum absolute atomic E-state index is 0.102. The molecule has 5 heteroatoms. The minimum Gasteiger partial charge on any atom is -0.487 e. The Labute approximate surface area is 172 Å². The van der Waals surface area contributed by atoms with E-state index in [1.807, 2.05) is 42.3 Å². The van der Waals surface area contributed by atoms with Crippen LogP contribution in [0.15, 0.2) is 36.4 Å². The molecule has 1 aliphatic heterocycles. The first-order valence-corrected chi connectivity index (χ1v) is 10.5. The van der Waals surface area contributed by atoms with Gasteiger partial charge in [-0.2, -0.15) is 0 Å². The lowest BCUT2D eigenvalue weighted by atomic mass is 9.99. The summed E-state index contributed by atoms with van der Waals surface area (Å²) in [7, 11) is 1.92. The van der Waals surface area contributed by atoms with E-state index >= 15 is 0 Å². The maximum atomic E-state index is 12.8. The summed E-state index contributed by atoms with van der Waals surface area (Å²) in [5.74, 6) is 0.901. The molecule has 150 valence electrons. The van der Waals surface area contributed by atoms with Crippen LogP contribution in [0.25, 0.3) is 11.1 Å². The number of nitrogens with one attached hydrogen (secondary N) is 1. The van der Waals surface area contributed by atoms with E-state index in [0.717, 1.165) is 66.9 Å². The molecule has 1 aliphatic rings. The SMILES string of the molecule is CCCN(CCC)C(=O)c1ccc(-c2cc(Cl)c3c(c2)CC(CNC)O3)cc1. The van der Waals surface area contributed by atoms with Gasteiger partial charge in [0.2, 0.25) is 0 Å². The first kappa shape index (κ1) is 20.7. The second-order valence-corrected chi connectivity index (χ2v) is 7.72.